The van der Waals surface area contributed by atoms with Gasteiger partial charge in [-0.3, -0.25) is 10.1 Å². The topological polar surface area (TPSA) is 75.3 Å². The fourth-order valence-corrected chi connectivity index (χ4v) is 12.4. The van der Waals surface area contributed by atoms with Crippen LogP contribution < -0.4 is 11.1 Å². The van der Waals surface area contributed by atoms with Crippen LogP contribution in [0.15, 0.2) is 23.3 Å². The number of carboxylic acid groups (broad SMARTS) is 1. The summed E-state index contributed by atoms with van der Waals surface area (Å²) in [4.78, 5) is 11.5. The maximum absolute atomic E-state index is 13.9. The summed E-state index contributed by atoms with van der Waals surface area (Å²) in [6, 6.07) is -1.62. The molecule has 6 aliphatic rings. The molecule has 7 heteroatoms. The summed E-state index contributed by atoms with van der Waals surface area (Å²) >= 11 is 0. The molecule has 0 aromatic heterocycles. The molecule has 4 fully saturated rings. The number of nitrogens with one attached hydrogen (secondary N) is 1. The molecule has 0 aromatic rings. The Hall–Kier alpha value is -1.34. The van der Waals surface area contributed by atoms with Gasteiger partial charge in [0.25, 0.3) is 0 Å². The van der Waals surface area contributed by atoms with Gasteiger partial charge in [-0.2, -0.15) is 13.2 Å². The Balaban J connectivity index is 1.26. The molecule has 42 heavy (non-hydrogen) atoms. The van der Waals surface area contributed by atoms with Crippen molar-refractivity contribution >= 4 is 5.97 Å². The number of halogens is 3. The van der Waals surface area contributed by atoms with Gasteiger partial charge in [0, 0.05) is 12.1 Å². The summed E-state index contributed by atoms with van der Waals surface area (Å²) < 4.78 is 41.6. The summed E-state index contributed by atoms with van der Waals surface area (Å²) in [6.07, 6.45) is 13.1. The Labute approximate surface area is 250 Å². The van der Waals surface area contributed by atoms with Crippen LogP contribution in [0.25, 0.3) is 0 Å². The van der Waals surface area contributed by atoms with Crippen LogP contribution in [0.5, 0.6) is 0 Å². The molecule has 6 aliphatic carbocycles. The van der Waals surface area contributed by atoms with Crippen molar-refractivity contribution in [2.24, 2.45) is 57.5 Å². The van der Waals surface area contributed by atoms with Crippen LogP contribution in [0.3, 0.4) is 0 Å². The van der Waals surface area contributed by atoms with Crippen LogP contribution in [0.4, 0.5) is 13.2 Å². The largest absolute Gasteiger partial charge is 0.481 e. The van der Waals surface area contributed by atoms with Crippen molar-refractivity contribution < 1.29 is 23.1 Å². The van der Waals surface area contributed by atoms with Gasteiger partial charge in [-0.25, -0.2) is 0 Å². The van der Waals surface area contributed by atoms with E-state index >= 15 is 0 Å². The number of aliphatic carboxylic acids is 1. The van der Waals surface area contributed by atoms with Crippen LogP contribution in [-0.2, 0) is 4.79 Å². The molecule has 0 radical (unpaired) electrons. The number of alkyl halides is 3. The molecule has 0 aliphatic heterocycles. The number of carboxylic acids is 1. The van der Waals surface area contributed by atoms with Gasteiger partial charge in [0.05, 0.1) is 5.92 Å². The zero-order valence-corrected chi connectivity index (χ0v) is 26.2. The number of hydrogen-bond acceptors (Lipinski definition) is 3. The third-order valence-electron chi connectivity index (χ3n) is 14.8. The highest BCUT2D eigenvalue weighted by Crippen LogP contribution is 2.75. The molecule has 9 unspecified atom stereocenters. The molecule has 4 N–H and O–H groups in total. The Kier molecular flexibility index (Phi) is 7.56. The first-order valence-electron chi connectivity index (χ1n) is 16.9. The van der Waals surface area contributed by atoms with Gasteiger partial charge in [-0.1, -0.05) is 46.3 Å². The van der Waals surface area contributed by atoms with E-state index in [0.717, 1.165) is 57.8 Å². The zero-order valence-electron chi connectivity index (χ0n) is 26.2. The number of nitrogens with two attached hydrogens (primary N) is 1. The monoisotopic (exact) mass is 590 g/mol. The summed E-state index contributed by atoms with van der Waals surface area (Å²) in [5, 5.41) is 12.6. The van der Waals surface area contributed by atoms with Gasteiger partial charge in [0.2, 0.25) is 0 Å². The van der Waals surface area contributed by atoms with Crippen molar-refractivity contribution in [1.29, 1.82) is 0 Å². The molecule has 11 atom stereocenters. The van der Waals surface area contributed by atoms with Crippen LogP contribution in [0, 0.1) is 51.8 Å². The minimum Gasteiger partial charge on any atom is -0.481 e. The Morgan fingerprint density at radius 1 is 1.00 bits per heavy atom. The predicted molar refractivity (Wildman–Crippen MR) is 160 cm³/mol. The molecule has 0 saturated heterocycles. The molecular formula is C35H53F3N2O2. The quantitative estimate of drug-likeness (QED) is 0.303. The molecule has 0 heterocycles. The van der Waals surface area contributed by atoms with E-state index < -0.39 is 30.3 Å². The lowest BCUT2D eigenvalue weighted by atomic mass is 9.34. The SMILES string of the molecule is CC1C(C2=CCC(C(=O)O)CC2)=CCC2(C)C1CCC1(C)C2CCC2C3CCC[C@]3(NC(CN)C(F)(F)F)CC[C@]21C. The molecule has 6 rings (SSSR count). The van der Waals surface area contributed by atoms with Crippen LogP contribution in [-0.4, -0.2) is 35.4 Å². The van der Waals surface area contributed by atoms with Crippen molar-refractivity contribution in [1.82, 2.24) is 5.32 Å². The van der Waals surface area contributed by atoms with E-state index in [2.05, 4.69) is 45.2 Å². The van der Waals surface area contributed by atoms with Gasteiger partial charge in [0.15, 0.2) is 0 Å². The van der Waals surface area contributed by atoms with Crippen LogP contribution in [0.1, 0.15) is 111 Å². The first-order valence-corrected chi connectivity index (χ1v) is 16.9. The Morgan fingerprint density at radius 3 is 2.40 bits per heavy atom. The summed E-state index contributed by atoms with van der Waals surface area (Å²) in [5.74, 6) is 1.52. The van der Waals surface area contributed by atoms with Gasteiger partial charge < -0.3 is 10.8 Å². The smallest absolute Gasteiger partial charge is 0.405 e. The number of allylic oxidation sites excluding steroid dienone is 4. The fourth-order valence-electron chi connectivity index (χ4n) is 12.4. The molecule has 0 bridgehead atoms. The molecule has 0 spiro atoms. The highest BCUT2D eigenvalue weighted by Gasteiger charge is 2.69. The number of hydrogen-bond donors (Lipinski definition) is 3. The molecule has 4 saturated carbocycles. The van der Waals surface area contributed by atoms with Gasteiger partial charge in [-0.05, 0) is 134 Å². The maximum Gasteiger partial charge on any atom is 0.405 e. The van der Waals surface area contributed by atoms with Crippen LogP contribution in [0.2, 0.25) is 0 Å². The molecule has 236 valence electrons. The molecular weight excluding hydrogens is 537 g/mol. The fraction of sp³-hybridized carbons (Fsp3) is 0.857. The third-order valence-corrected chi connectivity index (χ3v) is 14.8. The van der Waals surface area contributed by atoms with Gasteiger partial charge >= 0.3 is 12.1 Å². The van der Waals surface area contributed by atoms with E-state index in [-0.39, 0.29) is 22.2 Å². The summed E-state index contributed by atoms with van der Waals surface area (Å²) in [7, 11) is 0. The van der Waals surface area contributed by atoms with Crippen molar-refractivity contribution in [3.63, 3.8) is 0 Å². The lowest BCUT2D eigenvalue weighted by molar-refractivity contribution is -0.217. The first kappa shape index (κ1) is 30.7. The minimum atomic E-state index is -4.32. The maximum atomic E-state index is 13.9. The van der Waals surface area contributed by atoms with Crippen molar-refractivity contribution in [2.75, 3.05) is 6.54 Å². The van der Waals surface area contributed by atoms with Crippen molar-refractivity contribution in [3.05, 3.63) is 23.3 Å². The van der Waals surface area contributed by atoms with E-state index in [9.17, 15) is 23.1 Å². The van der Waals surface area contributed by atoms with Crippen molar-refractivity contribution in [3.8, 4) is 0 Å². The normalized spacial score (nSPS) is 47.7. The number of fused-ring (bicyclic) bond motifs is 7. The average molecular weight is 591 g/mol. The predicted octanol–water partition coefficient (Wildman–Crippen LogP) is 8.03. The van der Waals surface area contributed by atoms with Gasteiger partial charge in [-0.15, -0.1) is 0 Å². The van der Waals surface area contributed by atoms with Gasteiger partial charge in [0.1, 0.15) is 6.04 Å². The second kappa shape index (κ2) is 10.4. The van der Waals surface area contributed by atoms with E-state index in [4.69, 9.17) is 5.73 Å². The number of rotatable bonds is 5. The standard InChI is InChI=1S/C35H53F3N2O2/c1-21-24(22-7-9-23(10-8-22)30(41)42)13-16-31(2)25(21)14-17-33(4)28(31)12-11-26-27-6-5-15-34(27,19-18-32(26,33)3)40-29(20-39)35(36,37)38/h7,13,21,23,25-29,40H,5-6,8-12,14-20,39H2,1-4H3,(H,41,42)/t21?,23?,25?,26?,27?,28?,29?,31?,32-,33?,34+/m1/s1. The number of carbonyl (C=O) groups is 1. The Morgan fingerprint density at radius 2 is 1.76 bits per heavy atom. The summed E-state index contributed by atoms with van der Waals surface area (Å²) in [5.41, 5.74) is 8.62. The molecule has 0 amide bonds. The van der Waals surface area contributed by atoms with E-state index in [1.165, 1.54) is 30.4 Å². The molecule has 4 nitrogen and oxygen atoms in total. The van der Waals surface area contributed by atoms with E-state index in [1.54, 1.807) is 0 Å². The highest BCUT2D eigenvalue weighted by molar-refractivity contribution is 5.70. The summed E-state index contributed by atoms with van der Waals surface area (Å²) in [6.45, 7) is 9.67. The Bertz CT molecular complexity index is 1150. The minimum absolute atomic E-state index is 0.130. The second-order valence-electron chi connectivity index (χ2n) is 16.0. The second-order valence-corrected chi connectivity index (χ2v) is 16.0. The third kappa shape index (κ3) is 4.40. The lowest BCUT2D eigenvalue weighted by Gasteiger charge is -2.71. The first-order chi connectivity index (χ1) is 19.7. The van der Waals surface area contributed by atoms with E-state index in [0.29, 0.717) is 36.0 Å². The average Bonchev–Trinajstić information content (AvgIpc) is 3.36. The van der Waals surface area contributed by atoms with Crippen molar-refractivity contribution in [2.45, 2.75) is 129 Å². The van der Waals surface area contributed by atoms with E-state index in [1.807, 2.05) is 0 Å². The lowest BCUT2D eigenvalue weighted by Crippen LogP contribution is -2.68. The van der Waals surface area contributed by atoms with Crippen LogP contribution >= 0.6 is 0 Å². The zero-order chi connectivity index (χ0) is 30.3. The molecule has 0 aromatic carbocycles. The highest BCUT2D eigenvalue weighted by atomic mass is 19.4.